The van der Waals surface area contributed by atoms with Gasteiger partial charge in [0.15, 0.2) is 17.4 Å². The van der Waals surface area contributed by atoms with Gasteiger partial charge in [-0.25, -0.2) is 8.78 Å². The molecule has 0 saturated carbocycles. The van der Waals surface area contributed by atoms with Crippen LogP contribution < -0.4 is 5.73 Å². The van der Waals surface area contributed by atoms with Crippen LogP contribution in [0.4, 0.5) is 8.78 Å². The van der Waals surface area contributed by atoms with Crippen LogP contribution in [0.15, 0.2) is 18.2 Å². The lowest BCUT2D eigenvalue weighted by Gasteiger charge is -1.99. The van der Waals surface area contributed by atoms with Gasteiger partial charge in [-0.1, -0.05) is 0 Å². The topological polar surface area (TPSA) is 43.1 Å². The lowest BCUT2D eigenvalue weighted by atomic mass is 10.1. The fraction of sp³-hybridized carbons (Fsp3) is 0.222. The van der Waals surface area contributed by atoms with Gasteiger partial charge in [0.05, 0.1) is 0 Å². The number of benzene rings is 1. The van der Waals surface area contributed by atoms with Crippen molar-refractivity contribution in [2.24, 2.45) is 5.73 Å². The Labute approximate surface area is 74.4 Å². The number of ketones is 1. The van der Waals surface area contributed by atoms with E-state index >= 15 is 0 Å². The summed E-state index contributed by atoms with van der Waals surface area (Å²) in [5.74, 6) is -2.24. The van der Waals surface area contributed by atoms with Crippen LogP contribution in [0, 0.1) is 11.6 Å². The summed E-state index contributed by atoms with van der Waals surface area (Å²) in [6, 6.07) is 3.06. The predicted molar refractivity (Wildman–Crippen MR) is 44.4 cm³/mol. The van der Waals surface area contributed by atoms with Gasteiger partial charge >= 0.3 is 0 Å². The fourth-order valence-electron chi connectivity index (χ4n) is 0.945. The molecule has 0 atom stereocenters. The number of halogens is 2. The molecule has 70 valence electrons. The SMILES string of the molecule is NCCC(=O)c1ccc(F)c(F)c1. The van der Waals surface area contributed by atoms with Gasteiger partial charge in [0.25, 0.3) is 0 Å². The van der Waals surface area contributed by atoms with E-state index in [-0.39, 0.29) is 24.3 Å². The van der Waals surface area contributed by atoms with Gasteiger partial charge < -0.3 is 5.73 Å². The number of hydrogen-bond acceptors (Lipinski definition) is 2. The highest BCUT2D eigenvalue weighted by Gasteiger charge is 2.08. The molecule has 0 heterocycles. The molecule has 0 unspecified atom stereocenters. The van der Waals surface area contributed by atoms with Gasteiger partial charge in [0, 0.05) is 12.0 Å². The van der Waals surface area contributed by atoms with Crippen molar-refractivity contribution < 1.29 is 13.6 Å². The minimum absolute atomic E-state index is 0.144. The van der Waals surface area contributed by atoms with Crippen molar-refractivity contribution in [3.63, 3.8) is 0 Å². The molecular weight excluding hydrogens is 176 g/mol. The van der Waals surface area contributed by atoms with E-state index in [1.807, 2.05) is 0 Å². The predicted octanol–water partition coefficient (Wildman–Crippen LogP) is 1.50. The van der Waals surface area contributed by atoms with E-state index in [1.54, 1.807) is 0 Å². The van der Waals surface area contributed by atoms with E-state index in [4.69, 9.17) is 5.73 Å². The quantitative estimate of drug-likeness (QED) is 0.725. The summed E-state index contributed by atoms with van der Waals surface area (Å²) >= 11 is 0. The molecule has 0 amide bonds. The first-order valence-corrected chi connectivity index (χ1v) is 3.83. The van der Waals surface area contributed by atoms with Gasteiger partial charge in [-0.2, -0.15) is 0 Å². The molecule has 0 spiro atoms. The summed E-state index contributed by atoms with van der Waals surface area (Å²) in [6.07, 6.45) is 0.144. The minimum atomic E-state index is -1.01. The second-order valence-electron chi connectivity index (χ2n) is 2.59. The number of carbonyl (C=O) groups excluding carboxylic acids is 1. The molecule has 0 aliphatic rings. The zero-order valence-electron chi connectivity index (χ0n) is 6.89. The summed E-state index contributed by atoms with van der Waals surface area (Å²) in [5, 5.41) is 0. The van der Waals surface area contributed by atoms with Crippen LogP contribution in [0.25, 0.3) is 0 Å². The zero-order valence-corrected chi connectivity index (χ0v) is 6.89. The first-order valence-electron chi connectivity index (χ1n) is 3.83. The molecule has 0 aliphatic carbocycles. The molecule has 2 nitrogen and oxygen atoms in total. The largest absolute Gasteiger partial charge is 0.330 e. The van der Waals surface area contributed by atoms with Gasteiger partial charge in [-0.15, -0.1) is 0 Å². The molecule has 0 bridgehead atoms. The normalized spacial score (nSPS) is 10.1. The molecule has 1 rings (SSSR count). The van der Waals surface area contributed by atoms with Crippen LogP contribution in [-0.4, -0.2) is 12.3 Å². The highest BCUT2D eigenvalue weighted by Crippen LogP contribution is 2.10. The Kier molecular flexibility index (Phi) is 3.08. The number of rotatable bonds is 3. The van der Waals surface area contributed by atoms with E-state index in [0.717, 1.165) is 12.1 Å². The Morgan fingerprint density at radius 3 is 2.54 bits per heavy atom. The summed E-state index contributed by atoms with van der Waals surface area (Å²) < 4.78 is 25.1. The lowest BCUT2D eigenvalue weighted by molar-refractivity contribution is 0.0985. The third-order valence-electron chi connectivity index (χ3n) is 1.61. The average Bonchev–Trinajstić information content (AvgIpc) is 2.10. The summed E-state index contributed by atoms with van der Waals surface area (Å²) in [6.45, 7) is 0.206. The Morgan fingerprint density at radius 2 is 2.00 bits per heavy atom. The maximum absolute atomic E-state index is 12.6. The molecule has 0 saturated heterocycles. The van der Waals surface area contributed by atoms with E-state index < -0.39 is 11.6 Å². The third-order valence-corrected chi connectivity index (χ3v) is 1.61. The van der Waals surface area contributed by atoms with Gasteiger partial charge in [-0.05, 0) is 24.7 Å². The lowest BCUT2D eigenvalue weighted by Crippen LogP contribution is -2.08. The zero-order chi connectivity index (χ0) is 9.84. The van der Waals surface area contributed by atoms with E-state index in [1.165, 1.54) is 6.07 Å². The second kappa shape index (κ2) is 4.09. The molecule has 0 radical (unpaired) electrons. The van der Waals surface area contributed by atoms with Crippen LogP contribution in [0.1, 0.15) is 16.8 Å². The molecule has 1 aromatic rings. The van der Waals surface area contributed by atoms with E-state index in [2.05, 4.69) is 0 Å². The molecule has 0 aliphatic heterocycles. The Hall–Kier alpha value is -1.29. The van der Waals surface area contributed by atoms with Crippen molar-refractivity contribution in [1.82, 2.24) is 0 Å². The van der Waals surface area contributed by atoms with Crippen LogP contribution in [0.3, 0.4) is 0 Å². The van der Waals surface area contributed by atoms with Crippen LogP contribution in [-0.2, 0) is 0 Å². The Morgan fingerprint density at radius 1 is 1.31 bits per heavy atom. The summed E-state index contributed by atoms with van der Waals surface area (Å²) in [5.41, 5.74) is 5.30. The molecule has 2 N–H and O–H groups in total. The maximum atomic E-state index is 12.6. The molecule has 13 heavy (non-hydrogen) atoms. The van der Waals surface area contributed by atoms with Gasteiger partial charge in [0.1, 0.15) is 0 Å². The fourth-order valence-corrected chi connectivity index (χ4v) is 0.945. The second-order valence-corrected chi connectivity index (χ2v) is 2.59. The van der Waals surface area contributed by atoms with Crippen molar-refractivity contribution in [2.75, 3.05) is 6.54 Å². The number of nitrogens with two attached hydrogens (primary N) is 1. The molecule has 4 heteroatoms. The molecule has 1 aromatic carbocycles. The highest BCUT2D eigenvalue weighted by atomic mass is 19.2. The van der Waals surface area contributed by atoms with Crippen LogP contribution in [0.5, 0.6) is 0 Å². The van der Waals surface area contributed by atoms with Crippen LogP contribution in [0.2, 0.25) is 0 Å². The highest BCUT2D eigenvalue weighted by molar-refractivity contribution is 5.96. The summed E-state index contributed by atoms with van der Waals surface area (Å²) in [4.78, 5) is 11.1. The van der Waals surface area contributed by atoms with E-state index in [0.29, 0.717) is 0 Å². The van der Waals surface area contributed by atoms with Crippen molar-refractivity contribution in [2.45, 2.75) is 6.42 Å². The number of carbonyl (C=O) groups is 1. The van der Waals surface area contributed by atoms with Gasteiger partial charge in [-0.3, -0.25) is 4.79 Å². The van der Waals surface area contributed by atoms with Gasteiger partial charge in [0.2, 0.25) is 0 Å². The first-order chi connectivity index (χ1) is 6.15. The Bertz CT molecular complexity index is 325. The average molecular weight is 185 g/mol. The molecule has 0 aromatic heterocycles. The van der Waals surface area contributed by atoms with Crippen molar-refractivity contribution in [3.05, 3.63) is 35.4 Å². The maximum Gasteiger partial charge on any atom is 0.164 e. The minimum Gasteiger partial charge on any atom is -0.330 e. The van der Waals surface area contributed by atoms with Crippen molar-refractivity contribution in [1.29, 1.82) is 0 Å². The first kappa shape index (κ1) is 9.80. The standard InChI is InChI=1S/C9H9F2NO/c10-7-2-1-6(5-8(7)11)9(13)3-4-12/h1-2,5H,3-4,12H2. The monoisotopic (exact) mass is 185 g/mol. The smallest absolute Gasteiger partial charge is 0.164 e. The number of hydrogen-bond donors (Lipinski definition) is 1. The van der Waals surface area contributed by atoms with E-state index in [9.17, 15) is 13.6 Å². The van der Waals surface area contributed by atoms with Crippen molar-refractivity contribution >= 4 is 5.78 Å². The summed E-state index contributed by atoms with van der Waals surface area (Å²) in [7, 11) is 0. The molecular formula is C9H9F2NO. The molecule has 0 fully saturated rings. The third kappa shape index (κ3) is 2.32. The van der Waals surface area contributed by atoms with Crippen LogP contribution >= 0.6 is 0 Å². The Balaban J connectivity index is 2.90. The van der Waals surface area contributed by atoms with Crippen molar-refractivity contribution in [3.8, 4) is 0 Å². The number of Topliss-reactive ketones (excluding diaryl/α,β-unsaturated/α-hetero) is 1.